The Kier molecular flexibility index (Phi) is 5.24. The van der Waals surface area contributed by atoms with Crippen molar-refractivity contribution in [2.45, 2.75) is 24.9 Å². The van der Waals surface area contributed by atoms with Crippen molar-refractivity contribution < 1.29 is 9.31 Å². The Morgan fingerprint density at radius 1 is 0.935 bits per heavy atom. The number of nitro groups is 1. The number of rotatable bonds is 5. The van der Waals surface area contributed by atoms with Gasteiger partial charge in [0.15, 0.2) is 0 Å². The standard InChI is InChI=1S/C22H20FN5O3/c23-15-3-5-16(6-4-15)27-20(13-1-7-17(24)19(11-13)26-29)9-10-21(27)14-2-8-18(25)22(12-14)28(30)31/h1-8,11-12,20-21H,9-10,24-25H2. The predicted molar refractivity (Wildman–Crippen MR) is 117 cm³/mol. The molecule has 1 aliphatic rings. The smallest absolute Gasteiger partial charge is 0.292 e. The van der Waals surface area contributed by atoms with Crippen LogP contribution in [-0.2, 0) is 0 Å². The van der Waals surface area contributed by atoms with E-state index in [2.05, 4.69) is 10.1 Å². The number of nitroso groups, excluding NO2 is 1. The average molecular weight is 421 g/mol. The van der Waals surface area contributed by atoms with Crippen molar-refractivity contribution in [1.29, 1.82) is 0 Å². The number of nitro benzene ring substituents is 1. The number of benzene rings is 3. The Balaban J connectivity index is 1.81. The Bertz CT molecular complexity index is 1150. The molecule has 2 unspecified atom stereocenters. The monoisotopic (exact) mass is 421 g/mol. The van der Waals surface area contributed by atoms with Gasteiger partial charge in [0.1, 0.15) is 17.2 Å². The molecule has 0 spiro atoms. The van der Waals surface area contributed by atoms with Crippen LogP contribution in [0.4, 0.5) is 32.8 Å². The molecule has 1 fully saturated rings. The molecule has 3 aromatic rings. The van der Waals surface area contributed by atoms with Crippen LogP contribution in [0.3, 0.4) is 0 Å². The van der Waals surface area contributed by atoms with Crippen molar-refractivity contribution in [3.05, 3.63) is 92.6 Å². The second kappa shape index (κ2) is 8.02. The molecule has 1 aliphatic heterocycles. The summed E-state index contributed by atoms with van der Waals surface area (Å²) < 4.78 is 13.6. The third kappa shape index (κ3) is 3.77. The maximum absolute atomic E-state index is 13.6. The zero-order valence-electron chi connectivity index (χ0n) is 16.4. The number of nitrogen functional groups attached to an aromatic ring is 2. The molecule has 0 aliphatic carbocycles. The third-order valence-electron chi connectivity index (χ3n) is 5.68. The summed E-state index contributed by atoms with van der Waals surface area (Å²) in [7, 11) is 0. The van der Waals surface area contributed by atoms with Crippen LogP contribution in [0.25, 0.3) is 0 Å². The Labute approximate surface area is 177 Å². The molecule has 31 heavy (non-hydrogen) atoms. The minimum Gasteiger partial charge on any atom is -0.397 e. The van der Waals surface area contributed by atoms with E-state index in [1.54, 1.807) is 30.3 Å². The lowest BCUT2D eigenvalue weighted by molar-refractivity contribution is -0.384. The van der Waals surface area contributed by atoms with Crippen LogP contribution in [0, 0.1) is 20.8 Å². The van der Waals surface area contributed by atoms with Gasteiger partial charge in [-0.05, 0) is 71.6 Å². The maximum atomic E-state index is 13.6. The normalized spacial score (nSPS) is 18.2. The van der Waals surface area contributed by atoms with E-state index in [1.807, 2.05) is 6.07 Å². The van der Waals surface area contributed by atoms with Gasteiger partial charge in [0.05, 0.1) is 22.7 Å². The van der Waals surface area contributed by atoms with E-state index >= 15 is 0 Å². The van der Waals surface area contributed by atoms with Crippen LogP contribution in [0.15, 0.2) is 65.8 Å². The first kappa shape index (κ1) is 20.3. The summed E-state index contributed by atoms with van der Waals surface area (Å²) in [6, 6.07) is 15.6. The summed E-state index contributed by atoms with van der Waals surface area (Å²) in [6.45, 7) is 0. The van der Waals surface area contributed by atoms with Crippen molar-refractivity contribution in [2.24, 2.45) is 5.18 Å². The molecular weight excluding hydrogens is 401 g/mol. The van der Waals surface area contributed by atoms with E-state index in [-0.39, 0.29) is 40.7 Å². The fourth-order valence-electron chi connectivity index (χ4n) is 4.21. The second-order valence-corrected chi connectivity index (χ2v) is 7.48. The summed E-state index contributed by atoms with van der Waals surface area (Å²) in [6.07, 6.45) is 1.40. The molecule has 0 saturated carbocycles. The lowest BCUT2D eigenvalue weighted by Crippen LogP contribution is -2.26. The molecular formula is C22H20FN5O3. The highest BCUT2D eigenvalue weighted by atomic mass is 19.1. The van der Waals surface area contributed by atoms with Crippen LogP contribution in [0.2, 0.25) is 0 Å². The van der Waals surface area contributed by atoms with Crippen molar-refractivity contribution in [3.8, 4) is 0 Å². The quantitative estimate of drug-likeness (QED) is 0.246. The molecule has 0 radical (unpaired) electrons. The lowest BCUT2D eigenvalue weighted by atomic mass is 10.0. The Morgan fingerprint density at radius 2 is 1.52 bits per heavy atom. The van der Waals surface area contributed by atoms with Gasteiger partial charge in [-0.2, -0.15) is 0 Å². The van der Waals surface area contributed by atoms with Gasteiger partial charge in [-0.25, -0.2) is 4.39 Å². The van der Waals surface area contributed by atoms with Crippen LogP contribution in [0.1, 0.15) is 36.1 Å². The number of anilines is 3. The largest absolute Gasteiger partial charge is 0.397 e. The van der Waals surface area contributed by atoms with E-state index in [0.29, 0.717) is 12.8 Å². The van der Waals surface area contributed by atoms with E-state index in [9.17, 15) is 19.4 Å². The molecule has 4 rings (SSSR count). The first-order valence-electron chi connectivity index (χ1n) is 9.69. The van der Waals surface area contributed by atoms with Crippen LogP contribution >= 0.6 is 0 Å². The Morgan fingerprint density at radius 3 is 2.10 bits per heavy atom. The average Bonchev–Trinajstić information content (AvgIpc) is 3.20. The third-order valence-corrected chi connectivity index (χ3v) is 5.68. The molecule has 8 nitrogen and oxygen atoms in total. The molecule has 4 N–H and O–H groups in total. The molecule has 9 heteroatoms. The number of hydrogen-bond donors (Lipinski definition) is 2. The first-order valence-corrected chi connectivity index (χ1v) is 9.69. The van der Waals surface area contributed by atoms with E-state index in [1.165, 1.54) is 24.3 Å². The molecule has 1 heterocycles. The number of halogens is 1. The highest BCUT2D eigenvalue weighted by molar-refractivity contribution is 5.65. The maximum Gasteiger partial charge on any atom is 0.292 e. The number of nitrogens with zero attached hydrogens (tertiary/aromatic N) is 3. The summed E-state index contributed by atoms with van der Waals surface area (Å²) >= 11 is 0. The van der Waals surface area contributed by atoms with E-state index in [4.69, 9.17) is 11.5 Å². The van der Waals surface area contributed by atoms with Crippen molar-refractivity contribution >= 4 is 28.4 Å². The van der Waals surface area contributed by atoms with Gasteiger partial charge in [0, 0.05) is 11.8 Å². The lowest BCUT2D eigenvalue weighted by Gasteiger charge is -2.33. The summed E-state index contributed by atoms with van der Waals surface area (Å²) in [5.41, 5.74) is 14.3. The summed E-state index contributed by atoms with van der Waals surface area (Å²) in [5.74, 6) is -0.362. The van der Waals surface area contributed by atoms with Gasteiger partial charge in [-0.3, -0.25) is 10.1 Å². The van der Waals surface area contributed by atoms with Gasteiger partial charge in [0.2, 0.25) is 0 Å². The van der Waals surface area contributed by atoms with E-state index < -0.39 is 4.92 Å². The van der Waals surface area contributed by atoms with Crippen molar-refractivity contribution in [3.63, 3.8) is 0 Å². The molecule has 158 valence electrons. The first-order chi connectivity index (χ1) is 14.9. The van der Waals surface area contributed by atoms with Crippen LogP contribution in [-0.4, -0.2) is 4.92 Å². The zero-order chi connectivity index (χ0) is 22.1. The van der Waals surface area contributed by atoms with Gasteiger partial charge < -0.3 is 16.4 Å². The number of hydrogen-bond acceptors (Lipinski definition) is 7. The van der Waals surface area contributed by atoms with Gasteiger partial charge in [-0.1, -0.05) is 12.1 Å². The molecule has 0 amide bonds. The fourth-order valence-corrected chi connectivity index (χ4v) is 4.21. The fraction of sp³-hybridized carbons (Fsp3) is 0.182. The van der Waals surface area contributed by atoms with Gasteiger partial charge >= 0.3 is 0 Å². The molecule has 0 aromatic heterocycles. The minimum atomic E-state index is -0.504. The molecule has 0 bridgehead atoms. The van der Waals surface area contributed by atoms with Crippen molar-refractivity contribution in [1.82, 2.24) is 0 Å². The van der Waals surface area contributed by atoms with Crippen molar-refractivity contribution in [2.75, 3.05) is 16.4 Å². The highest BCUT2D eigenvalue weighted by Crippen LogP contribution is 2.48. The SMILES string of the molecule is Nc1ccc(C2CCC(c3ccc(N)c([N+](=O)[O-])c3)N2c2ccc(F)cc2)cc1N=O. The van der Waals surface area contributed by atoms with Crippen LogP contribution in [0.5, 0.6) is 0 Å². The van der Waals surface area contributed by atoms with E-state index in [0.717, 1.165) is 16.8 Å². The second-order valence-electron chi connectivity index (χ2n) is 7.48. The molecule has 1 saturated heterocycles. The van der Waals surface area contributed by atoms with Crippen LogP contribution < -0.4 is 16.4 Å². The molecule has 2 atom stereocenters. The summed E-state index contributed by atoms with van der Waals surface area (Å²) in [5, 5.41) is 14.4. The minimum absolute atomic E-state index is 0.0943. The van der Waals surface area contributed by atoms with Gasteiger partial charge in [-0.15, -0.1) is 4.91 Å². The number of nitrogens with two attached hydrogens (primary N) is 2. The van der Waals surface area contributed by atoms with Gasteiger partial charge in [0.25, 0.3) is 5.69 Å². The molecule has 3 aromatic carbocycles. The topological polar surface area (TPSA) is 128 Å². The zero-order valence-corrected chi connectivity index (χ0v) is 16.4. The predicted octanol–water partition coefficient (Wildman–Crippen LogP) is 5.38. The Hall–Kier alpha value is -4.01. The highest BCUT2D eigenvalue weighted by Gasteiger charge is 2.36. The summed E-state index contributed by atoms with van der Waals surface area (Å²) in [4.78, 5) is 24.1.